The van der Waals surface area contributed by atoms with Crippen LogP contribution in [0.25, 0.3) is 0 Å². The van der Waals surface area contributed by atoms with E-state index in [-0.39, 0.29) is 11.5 Å². The van der Waals surface area contributed by atoms with Crippen LogP contribution >= 0.6 is 31.9 Å². The number of hydrogen-bond donors (Lipinski definition) is 2. The predicted octanol–water partition coefficient (Wildman–Crippen LogP) is 3.65. The first-order valence-electron chi connectivity index (χ1n) is 5.49. The van der Waals surface area contributed by atoms with Crippen molar-refractivity contribution < 1.29 is 14.7 Å². The molecule has 0 unspecified atom stereocenters. The maximum atomic E-state index is 11.7. The second-order valence-electron chi connectivity index (χ2n) is 4.31. The average Bonchev–Trinajstić information content (AvgIpc) is 3.05. The van der Waals surface area contributed by atoms with Gasteiger partial charge < -0.3 is 10.4 Å². The molecule has 1 aliphatic rings. The molecule has 4 nitrogen and oxygen atoms in total. The fraction of sp³-hybridized carbons (Fsp3) is 0.333. The Balaban J connectivity index is 2.24. The van der Waals surface area contributed by atoms with Gasteiger partial charge in [-0.3, -0.25) is 4.79 Å². The number of halogens is 2. The van der Waals surface area contributed by atoms with Crippen molar-refractivity contribution in [2.75, 3.05) is 5.32 Å². The van der Waals surface area contributed by atoms with Gasteiger partial charge in [0.25, 0.3) is 0 Å². The van der Waals surface area contributed by atoms with Gasteiger partial charge in [-0.05, 0) is 46.8 Å². The van der Waals surface area contributed by atoms with Gasteiger partial charge in [0.15, 0.2) is 0 Å². The second-order valence-corrected chi connectivity index (χ2v) is 6.08. The van der Waals surface area contributed by atoms with Crippen LogP contribution in [0.15, 0.2) is 21.1 Å². The molecule has 2 N–H and O–H groups in total. The summed E-state index contributed by atoms with van der Waals surface area (Å²) >= 11 is 6.49. The fourth-order valence-electron chi connectivity index (χ4n) is 1.64. The Hall–Kier alpha value is -0.880. The fourth-order valence-corrected chi connectivity index (χ4v) is 2.97. The molecule has 0 bridgehead atoms. The van der Waals surface area contributed by atoms with E-state index in [1.54, 1.807) is 6.07 Å². The smallest absolute Gasteiger partial charge is 0.337 e. The highest BCUT2D eigenvalue weighted by Crippen LogP contribution is 2.34. The van der Waals surface area contributed by atoms with E-state index in [4.69, 9.17) is 5.11 Å². The van der Waals surface area contributed by atoms with Crippen molar-refractivity contribution in [1.82, 2.24) is 0 Å². The van der Waals surface area contributed by atoms with Crippen molar-refractivity contribution in [2.45, 2.75) is 19.3 Å². The van der Waals surface area contributed by atoms with Crippen molar-refractivity contribution in [3.8, 4) is 0 Å². The number of carboxylic acid groups (broad SMARTS) is 1. The number of rotatable bonds is 4. The van der Waals surface area contributed by atoms with Gasteiger partial charge in [-0.1, -0.05) is 15.9 Å². The summed E-state index contributed by atoms with van der Waals surface area (Å²) in [5, 5.41) is 11.8. The number of nitrogens with one attached hydrogen (secondary N) is 1. The summed E-state index contributed by atoms with van der Waals surface area (Å²) in [5.74, 6) is -0.741. The van der Waals surface area contributed by atoms with E-state index in [1.165, 1.54) is 6.07 Å². The largest absolute Gasteiger partial charge is 0.478 e. The van der Waals surface area contributed by atoms with Crippen LogP contribution in [-0.4, -0.2) is 17.0 Å². The molecule has 1 aromatic carbocycles. The Labute approximate surface area is 121 Å². The molecule has 0 heterocycles. The summed E-state index contributed by atoms with van der Waals surface area (Å²) in [4.78, 5) is 22.9. The monoisotopic (exact) mass is 375 g/mol. The summed E-state index contributed by atoms with van der Waals surface area (Å²) in [5.41, 5.74) is 0.386. The lowest BCUT2D eigenvalue weighted by atomic mass is 10.1. The first kappa shape index (κ1) is 13.5. The Morgan fingerprint density at radius 3 is 2.56 bits per heavy atom. The van der Waals surface area contributed by atoms with Gasteiger partial charge >= 0.3 is 5.97 Å². The van der Waals surface area contributed by atoms with E-state index in [1.807, 2.05) is 0 Å². The van der Waals surface area contributed by atoms with Gasteiger partial charge in [0.1, 0.15) is 0 Å². The van der Waals surface area contributed by atoms with E-state index in [9.17, 15) is 9.59 Å². The third kappa shape index (κ3) is 3.32. The molecule has 0 aromatic heterocycles. The molecular weight excluding hydrogens is 366 g/mol. The Morgan fingerprint density at radius 1 is 1.33 bits per heavy atom. The van der Waals surface area contributed by atoms with Gasteiger partial charge in [-0.2, -0.15) is 0 Å². The molecular formula is C12H11Br2NO3. The summed E-state index contributed by atoms with van der Waals surface area (Å²) in [6.45, 7) is 0. The quantitative estimate of drug-likeness (QED) is 0.842. The predicted molar refractivity (Wildman–Crippen MR) is 74.8 cm³/mol. The van der Waals surface area contributed by atoms with Crippen LogP contribution in [-0.2, 0) is 4.79 Å². The molecule has 0 aliphatic heterocycles. The van der Waals surface area contributed by atoms with Crippen molar-refractivity contribution in [3.63, 3.8) is 0 Å². The normalized spacial score (nSPS) is 14.3. The Morgan fingerprint density at radius 2 is 2.00 bits per heavy atom. The minimum absolute atomic E-state index is 0.0698. The van der Waals surface area contributed by atoms with Crippen LogP contribution in [0.2, 0.25) is 0 Å². The zero-order chi connectivity index (χ0) is 13.3. The lowest BCUT2D eigenvalue weighted by Crippen LogP contribution is -2.15. The topological polar surface area (TPSA) is 66.4 Å². The van der Waals surface area contributed by atoms with Gasteiger partial charge in [0, 0.05) is 15.4 Å². The lowest BCUT2D eigenvalue weighted by Gasteiger charge is -2.11. The van der Waals surface area contributed by atoms with Gasteiger partial charge in [-0.15, -0.1) is 0 Å². The molecule has 0 spiro atoms. The molecule has 1 amide bonds. The van der Waals surface area contributed by atoms with Crippen LogP contribution in [0, 0.1) is 5.92 Å². The number of amides is 1. The molecule has 6 heteroatoms. The van der Waals surface area contributed by atoms with Crippen molar-refractivity contribution >= 4 is 49.4 Å². The molecule has 0 atom stereocenters. The van der Waals surface area contributed by atoms with Gasteiger partial charge in [0.05, 0.1) is 11.3 Å². The number of aromatic carboxylic acids is 1. The maximum Gasteiger partial charge on any atom is 0.337 e. The van der Waals surface area contributed by atoms with Crippen molar-refractivity contribution in [1.29, 1.82) is 0 Å². The van der Waals surface area contributed by atoms with Crippen LogP contribution in [0.5, 0.6) is 0 Å². The number of hydrogen-bond acceptors (Lipinski definition) is 2. The second kappa shape index (κ2) is 5.40. The highest BCUT2D eigenvalue weighted by molar-refractivity contribution is 9.11. The van der Waals surface area contributed by atoms with Gasteiger partial charge in [-0.25, -0.2) is 4.79 Å². The Bertz CT molecular complexity index is 512. The van der Waals surface area contributed by atoms with Gasteiger partial charge in [0.2, 0.25) is 5.91 Å². The van der Waals surface area contributed by atoms with E-state index in [0.717, 1.165) is 12.8 Å². The summed E-state index contributed by atoms with van der Waals surface area (Å²) in [6, 6.07) is 3.18. The third-order valence-electron chi connectivity index (χ3n) is 2.72. The molecule has 1 aromatic rings. The molecule has 0 radical (unpaired) electrons. The SMILES string of the molecule is O=C(CC1CC1)Nc1c(Br)cc(Br)cc1C(=O)O. The van der Waals surface area contributed by atoms with Crippen molar-refractivity contribution in [2.24, 2.45) is 5.92 Å². The number of carboxylic acids is 1. The zero-order valence-electron chi connectivity index (χ0n) is 9.37. The third-order valence-corrected chi connectivity index (χ3v) is 3.80. The maximum absolute atomic E-state index is 11.7. The van der Waals surface area contributed by atoms with E-state index >= 15 is 0 Å². The van der Waals surface area contributed by atoms with Crippen LogP contribution in [0.1, 0.15) is 29.6 Å². The van der Waals surface area contributed by atoms with E-state index < -0.39 is 5.97 Å². The number of anilines is 1. The molecule has 18 heavy (non-hydrogen) atoms. The molecule has 2 rings (SSSR count). The highest BCUT2D eigenvalue weighted by atomic mass is 79.9. The summed E-state index contributed by atoms with van der Waals surface area (Å²) in [6.07, 6.45) is 2.63. The van der Waals surface area contributed by atoms with Crippen LogP contribution < -0.4 is 5.32 Å². The molecule has 0 saturated heterocycles. The Kier molecular flexibility index (Phi) is 4.07. The zero-order valence-corrected chi connectivity index (χ0v) is 12.5. The number of carbonyl (C=O) groups is 2. The molecule has 1 saturated carbocycles. The minimum Gasteiger partial charge on any atom is -0.478 e. The number of benzene rings is 1. The van der Waals surface area contributed by atoms with Crippen molar-refractivity contribution in [3.05, 3.63) is 26.6 Å². The first-order chi connectivity index (χ1) is 8.47. The first-order valence-corrected chi connectivity index (χ1v) is 7.08. The van der Waals surface area contributed by atoms with Crippen LogP contribution in [0.4, 0.5) is 5.69 Å². The molecule has 96 valence electrons. The van der Waals surface area contributed by atoms with E-state index in [2.05, 4.69) is 37.2 Å². The number of carbonyl (C=O) groups excluding carboxylic acids is 1. The minimum atomic E-state index is -1.07. The molecule has 1 fully saturated rings. The van der Waals surface area contributed by atoms with E-state index in [0.29, 0.717) is 27.0 Å². The lowest BCUT2D eigenvalue weighted by molar-refractivity contribution is -0.116. The molecule has 1 aliphatic carbocycles. The average molecular weight is 377 g/mol. The highest BCUT2D eigenvalue weighted by Gasteiger charge is 2.25. The standard InChI is InChI=1S/C12H11Br2NO3/c13-7-4-8(12(17)18)11(9(14)5-7)15-10(16)3-6-1-2-6/h4-6H,1-3H2,(H,15,16)(H,17,18). The summed E-state index contributed by atoms with van der Waals surface area (Å²) < 4.78 is 1.20. The van der Waals surface area contributed by atoms with Crippen LogP contribution in [0.3, 0.4) is 0 Å². The summed E-state index contributed by atoms with van der Waals surface area (Å²) in [7, 11) is 0.